The SMILES string of the molecule is CC(C)COC(=O)C1=Cc2ccccc2C1C(=O)OCC(C)C. The topological polar surface area (TPSA) is 52.6 Å². The molecule has 1 aromatic carbocycles. The summed E-state index contributed by atoms with van der Waals surface area (Å²) in [5.74, 6) is -1.03. The molecule has 0 spiro atoms. The Morgan fingerprint density at radius 1 is 1.00 bits per heavy atom. The first-order valence-electron chi connectivity index (χ1n) is 8.04. The third-order valence-corrected chi connectivity index (χ3v) is 3.51. The van der Waals surface area contributed by atoms with Crippen LogP contribution in [0.3, 0.4) is 0 Å². The number of carbonyl (C=O) groups excluding carboxylic acids is 2. The fraction of sp³-hybridized carbons (Fsp3) is 0.474. The van der Waals surface area contributed by atoms with E-state index in [0.717, 1.165) is 11.1 Å². The molecule has 0 aromatic heterocycles. The molecule has 2 rings (SSSR count). The van der Waals surface area contributed by atoms with Gasteiger partial charge in [-0.05, 0) is 29.0 Å². The molecular weight excluding hydrogens is 292 g/mol. The molecule has 0 saturated heterocycles. The molecule has 0 amide bonds. The van der Waals surface area contributed by atoms with E-state index in [-0.39, 0.29) is 11.8 Å². The lowest BCUT2D eigenvalue weighted by atomic mass is 9.96. The fourth-order valence-corrected chi connectivity index (χ4v) is 2.41. The Balaban J connectivity index is 2.22. The number of carbonyl (C=O) groups is 2. The van der Waals surface area contributed by atoms with Gasteiger partial charge in [0.1, 0.15) is 5.92 Å². The van der Waals surface area contributed by atoms with Gasteiger partial charge in [0.15, 0.2) is 0 Å². The quantitative estimate of drug-likeness (QED) is 0.753. The van der Waals surface area contributed by atoms with E-state index in [4.69, 9.17) is 9.47 Å². The summed E-state index contributed by atoms with van der Waals surface area (Å²) < 4.78 is 10.7. The van der Waals surface area contributed by atoms with Gasteiger partial charge in [-0.3, -0.25) is 4.79 Å². The molecule has 0 fully saturated rings. The van der Waals surface area contributed by atoms with Crippen molar-refractivity contribution in [2.75, 3.05) is 13.2 Å². The Kier molecular flexibility index (Phi) is 5.59. The van der Waals surface area contributed by atoms with Crippen molar-refractivity contribution in [2.45, 2.75) is 33.6 Å². The highest BCUT2D eigenvalue weighted by Crippen LogP contribution is 2.37. The van der Waals surface area contributed by atoms with Crippen LogP contribution in [0.25, 0.3) is 6.08 Å². The first-order valence-corrected chi connectivity index (χ1v) is 8.04. The highest BCUT2D eigenvalue weighted by atomic mass is 16.5. The van der Waals surface area contributed by atoms with E-state index >= 15 is 0 Å². The van der Waals surface area contributed by atoms with Crippen molar-refractivity contribution in [2.24, 2.45) is 11.8 Å². The summed E-state index contributed by atoms with van der Waals surface area (Å²) in [6, 6.07) is 7.49. The van der Waals surface area contributed by atoms with E-state index in [2.05, 4.69) is 0 Å². The van der Waals surface area contributed by atoms with Gasteiger partial charge in [0.25, 0.3) is 0 Å². The molecule has 0 saturated carbocycles. The van der Waals surface area contributed by atoms with Crippen molar-refractivity contribution in [3.63, 3.8) is 0 Å². The largest absolute Gasteiger partial charge is 0.465 e. The van der Waals surface area contributed by atoms with Crippen molar-refractivity contribution in [1.29, 1.82) is 0 Å². The second kappa shape index (κ2) is 7.44. The minimum Gasteiger partial charge on any atom is -0.465 e. The fourth-order valence-electron chi connectivity index (χ4n) is 2.41. The lowest BCUT2D eigenvalue weighted by Gasteiger charge is -2.17. The van der Waals surface area contributed by atoms with Gasteiger partial charge in [-0.2, -0.15) is 0 Å². The molecule has 0 heterocycles. The van der Waals surface area contributed by atoms with Gasteiger partial charge in [-0.1, -0.05) is 52.0 Å². The van der Waals surface area contributed by atoms with Gasteiger partial charge in [-0.15, -0.1) is 0 Å². The van der Waals surface area contributed by atoms with E-state index < -0.39 is 17.9 Å². The Morgan fingerprint density at radius 2 is 1.61 bits per heavy atom. The predicted molar refractivity (Wildman–Crippen MR) is 88.8 cm³/mol. The molecule has 1 aliphatic carbocycles. The van der Waals surface area contributed by atoms with Gasteiger partial charge in [0, 0.05) is 0 Å². The summed E-state index contributed by atoms with van der Waals surface area (Å²) in [5.41, 5.74) is 2.04. The summed E-state index contributed by atoms with van der Waals surface area (Å²) in [6.45, 7) is 8.57. The van der Waals surface area contributed by atoms with Gasteiger partial charge >= 0.3 is 11.9 Å². The molecule has 4 nitrogen and oxygen atoms in total. The van der Waals surface area contributed by atoms with Crippen molar-refractivity contribution >= 4 is 18.0 Å². The van der Waals surface area contributed by atoms with Crippen LogP contribution >= 0.6 is 0 Å². The number of esters is 2. The maximum atomic E-state index is 12.5. The molecule has 0 radical (unpaired) electrons. The Labute approximate surface area is 137 Å². The van der Waals surface area contributed by atoms with Gasteiger partial charge < -0.3 is 9.47 Å². The first kappa shape index (κ1) is 17.3. The predicted octanol–water partition coefficient (Wildman–Crippen LogP) is 3.57. The Morgan fingerprint density at radius 3 is 2.26 bits per heavy atom. The first-order chi connectivity index (χ1) is 10.9. The normalized spacial score (nSPS) is 16.3. The smallest absolute Gasteiger partial charge is 0.335 e. The highest BCUT2D eigenvalue weighted by Gasteiger charge is 2.37. The molecule has 1 aliphatic rings. The van der Waals surface area contributed by atoms with Crippen LogP contribution in [0.1, 0.15) is 44.7 Å². The summed E-state index contributed by atoms with van der Waals surface area (Å²) in [5, 5.41) is 0. The molecular formula is C19H24O4. The summed E-state index contributed by atoms with van der Waals surface area (Å²) in [4.78, 5) is 24.9. The summed E-state index contributed by atoms with van der Waals surface area (Å²) in [6.07, 6.45) is 1.74. The number of rotatable bonds is 6. The van der Waals surface area contributed by atoms with Crippen LogP contribution < -0.4 is 0 Å². The Hall–Kier alpha value is -2.10. The van der Waals surface area contributed by atoms with E-state index in [1.54, 1.807) is 6.08 Å². The summed E-state index contributed by atoms with van der Waals surface area (Å²) >= 11 is 0. The van der Waals surface area contributed by atoms with E-state index in [9.17, 15) is 9.59 Å². The lowest BCUT2D eigenvalue weighted by Crippen LogP contribution is -2.23. The molecule has 1 unspecified atom stereocenters. The second-order valence-electron chi connectivity index (χ2n) is 6.68. The van der Waals surface area contributed by atoms with E-state index in [1.807, 2.05) is 52.0 Å². The van der Waals surface area contributed by atoms with Crippen molar-refractivity contribution < 1.29 is 19.1 Å². The van der Waals surface area contributed by atoms with Crippen molar-refractivity contribution in [3.05, 3.63) is 41.0 Å². The van der Waals surface area contributed by atoms with Crippen LogP contribution in [-0.4, -0.2) is 25.2 Å². The maximum Gasteiger partial charge on any atom is 0.335 e. The van der Waals surface area contributed by atoms with Crippen LogP contribution in [0.2, 0.25) is 0 Å². The van der Waals surface area contributed by atoms with Gasteiger partial charge in [0.05, 0.1) is 18.8 Å². The zero-order chi connectivity index (χ0) is 17.0. The minimum absolute atomic E-state index is 0.245. The number of fused-ring (bicyclic) bond motifs is 1. The van der Waals surface area contributed by atoms with Crippen LogP contribution in [0.4, 0.5) is 0 Å². The van der Waals surface area contributed by atoms with Crippen molar-refractivity contribution in [3.8, 4) is 0 Å². The molecule has 1 atom stereocenters. The number of hydrogen-bond donors (Lipinski definition) is 0. The average molecular weight is 316 g/mol. The summed E-state index contributed by atoms with van der Waals surface area (Å²) in [7, 11) is 0. The third kappa shape index (κ3) is 4.21. The molecule has 23 heavy (non-hydrogen) atoms. The van der Waals surface area contributed by atoms with E-state index in [0.29, 0.717) is 18.8 Å². The van der Waals surface area contributed by atoms with Crippen LogP contribution in [0.5, 0.6) is 0 Å². The number of ether oxygens (including phenoxy) is 2. The third-order valence-electron chi connectivity index (χ3n) is 3.51. The zero-order valence-electron chi connectivity index (χ0n) is 14.2. The lowest BCUT2D eigenvalue weighted by molar-refractivity contribution is -0.148. The number of hydrogen-bond acceptors (Lipinski definition) is 4. The van der Waals surface area contributed by atoms with E-state index in [1.165, 1.54) is 0 Å². The van der Waals surface area contributed by atoms with Gasteiger partial charge in [0.2, 0.25) is 0 Å². The molecule has 4 heteroatoms. The van der Waals surface area contributed by atoms with Crippen LogP contribution in [0.15, 0.2) is 29.8 Å². The zero-order valence-corrected chi connectivity index (χ0v) is 14.2. The minimum atomic E-state index is -0.690. The molecule has 0 bridgehead atoms. The van der Waals surface area contributed by atoms with Crippen LogP contribution in [-0.2, 0) is 19.1 Å². The second-order valence-corrected chi connectivity index (χ2v) is 6.68. The standard InChI is InChI=1S/C19H24O4/c1-12(2)10-22-18(20)16-9-14-7-5-6-8-15(14)17(16)19(21)23-11-13(3)4/h5-9,12-13,17H,10-11H2,1-4H3. The van der Waals surface area contributed by atoms with Crippen molar-refractivity contribution in [1.82, 2.24) is 0 Å². The molecule has 1 aromatic rings. The number of benzene rings is 1. The molecule has 0 N–H and O–H groups in total. The highest BCUT2D eigenvalue weighted by molar-refractivity contribution is 6.05. The van der Waals surface area contributed by atoms with Crippen LogP contribution in [0, 0.1) is 11.8 Å². The maximum absolute atomic E-state index is 12.5. The monoisotopic (exact) mass is 316 g/mol. The average Bonchev–Trinajstić information content (AvgIpc) is 2.89. The van der Waals surface area contributed by atoms with Gasteiger partial charge in [-0.25, -0.2) is 4.79 Å². The molecule has 124 valence electrons. The molecule has 0 aliphatic heterocycles. The Bertz CT molecular complexity index is 614.